The molecule has 2 N–H and O–H groups in total. The van der Waals surface area contributed by atoms with E-state index in [2.05, 4.69) is 0 Å². The molecule has 5 nitrogen and oxygen atoms in total. The Labute approximate surface area is 134 Å². The molecule has 0 aliphatic carbocycles. The molecule has 0 heterocycles. The van der Waals surface area contributed by atoms with Crippen LogP contribution in [0.5, 0.6) is 0 Å². The van der Waals surface area contributed by atoms with Crippen molar-refractivity contribution in [2.75, 3.05) is 0 Å². The second-order valence-corrected chi connectivity index (χ2v) is 7.48. The summed E-state index contributed by atoms with van der Waals surface area (Å²) in [7, 11) is -4.08. The minimum Gasteiger partial charge on any atom is -0.459 e. The lowest BCUT2D eigenvalue weighted by Crippen LogP contribution is -2.18. The van der Waals surface area contributed by atoms with E-state index in [-0.39, 0.29) is 21.7 Å². The van der Waals surface area contributed by atoms with Gasteiger partial charge in [0, 0.05) is 0 Å². The molecule has 0 spiro atoms. The highest BCUT2D eigenvalue weighted by Crippen LogP contribution is 2.30. The summed E-state index contributed by atoms with van der Waals surface area (Å²) in [5.41, 5.74) is -0.0102. The van der Waals surface area contributed by atoms with Crippen LogP contribution in [0.15, 0.2) is 17.0 Å². The summed E-state index contributed by atoms with van der Waals surface area (Å²) in [6.45, 7) is 5.77. The van der Waals surface area contributed by atoms with Crippen LogP contribution in [0, 0.1) is 5.92 Å². The summed E-state index contributed by atoms with van der Waals surface area (Å²) in [4.78, 5) is 11.6. The maximum absolute atomic E-state index is 12.0. The van der Waals surface area contributed by atoms with E-state index < -0.39 is 20.9 Å². The first kappa shape index (κ1) is 18.2. The minimum absolute atomic E-state index is 0.0102. The lowest BCUT2D eigenvalue weighted by molar-refractivity contribution is 0.0299. The second-order valence-electron chi connectivity index (χ2n) is 5.16. The molecule has 21 heavy (non-hydrogen) atoms. The Kier molecular flexibility index (Phi) is 6.04. The third kappa shape index (κ3) is 5.14. The van der Waals surface area contributed by atoms with E-state index >= 15 is 0 Å². The van der Waals surface area contributed by atoms with E-state index in [0.29, 0.717) is 12.3 Å². The highest BCUT2D eigenvalue weighted by Gasteiger charge is 2.21. The number of halogens is 2. The zero-order valence-electron chi connectivity index (χ0n) is 11.9. The summed E-state index contributed by atoms with van der Waals surface area (Å²) in [5, 5.41) is 4.75. The average molecular weight is 354 g/mol. The van der Waals surface area contributed by atoms with Gasteiger partial charge in [-0.25, -0.2) is 18.4 Å². The Hall–Kier alpha value is -0.820. The fourth-order valence-electron chi connectivity index (χ4n) is 1.85. The summed E-state index contributed by atoms with van der Waals surface area (Å²) in [5.74, 6) is -0.312. The Morgan fingerprint density at radius 3 is 2.33 bits per heavy atom. The lowest BCUT2D eigenvalue weighted by atomic mass is 10.1. The second kappa shape index (κ2) is 6.96. The van der Waals surface area contributed by atoms with Gasteiger partial charge in [0.1, 0.15) is 4.90 Å². The first-order chi connectivity index (χ1) is 9.52. The van der Waals surface area contributed by atoms with E-state index in [1.54, 1.807) is 6.92 Å². The normalized spacial score (nSPS) is 13.3. The number of carbonyl (C=O) groups excluding carboxylic acids is 1. The zero-order chi connectivity index (χ0) is 16.4. The number of carbonyl (C=O) groups is 1. The SMILES string of the molecule is CC(C)CC(C)OC(=O)c1cc(Cl)c(Cl)c(S(N)(=O)=O)c1. The first-order valence-electron chi connectivity index (χ1n) is 6.25. The molecule has 0 bridgehead atoms. The van der Waals surface area contributed by atoms with Gasteiger partial charge < -0.3 is 4.74 Å². The Morgan fingerprint density at radius 1 is 1.29 bits per heavy atom. The molecular weight excluding hydrogens is 337 g/mol. The third-order valence-corrected chi connectivity index (χ3v) is 4.50. The van der Waals surface area contributed by atoms with Crippen LogP contribution in [0.1, 0.15) is 37.6 Å². The van der Waals surface area contributed by atoms with Crippen LogP contribution in [-0.4, -0.2) is 20.5 Å². The number of hydrogen-bond donors (Lipinski definition) is 1. The van der Waals surface area contributed by atoms with Crippen molar-refractivity contribution in [1.82, 2.24) is 0 Å². The number of sulfonamides is 1. The van der Waals surface area contributed by atoms with Gasteiger partial charge in [0.2, 0.25) is 10.0 Å². The van der Waals surface area contributed by atoms with E-state index in [9.17, 15) is 13.2 Å². The number of ether oxygens (including phenoxy) is 1. The molecule has 1 aromatic rings. The highest BCUT2D eigenvalue weighted by molar-refractivity contribution is 7.89. The summed E-state index contributed by atoms with van der Waals surface area (Å²) >= 11 is 11.6. The van der Waals surface area contributed by atoms with Crippen molar-refractivity contribution in [3.05, 3.63) is 27.7 Å². The number of hydrogen-bond acceptors (Lipinski definition) is 4. The van der Waals surface area contributed by atoms with Crippen LogP contribution in [0.2, 0.25) is 10.0 Å². The molecule has 0 fully saturated rings. The van der Waals surface area contributed by atoms with Crippen molar-refractivity contribution in [2.24, 2.45) is 11.1 Å². The van der Waals surface area contributed by atoms with Crippen LogP contribution in [0.4, 0.5) is 0 Å². The fourth-order valence-corrected chi connectivity index (χ4v) is 3.21. The predicted octanol–water partition coefficient (Wildman–Crippen LogP) is 3.23. The van der Waals surface area contributed by atoms with Crippen LogP contribution >= 0.6 is 23.2 Å². The number of primary sulfonamides is 1. The molecular formula is C13H17Cl2NO4S. The van der Waals surface area contributed by atoms with E-state index in [1.165, 1.54) is 6.07 Å². The Bertz CT molecular complexity index is 644. The van der Waals surface area contributed by atoms with Gasteiger partial charge in [-0.2, -0.15) is 0 Å². The molecule has 0 saturated carbocycles. The maximum atomic E-state index is 12.0. The quantitative estimate of drug-likeness (QED) is 0.823. The highest BCUT2D eigenvalue weighted by atomic mass is 35.5. The molecule has 0 aliphatic heterocycles. The Balaban J connectivity index is 3.09. The smallest absolute Gasteiger partial charge is 0.338 e. The largest absolute Gasteiger partial charge is 0.459 e. The number of esters is 1. The average Bonchev–Trinajstić information content (AvgIpc) is 2.29. The molecule has 8 heteroatoms. The van der Waals surface area contributed by atoms with Crippen molar-refractivity contribution >= 4 is 39.2 Å². The van der Waals surface area contributed by atoms with E-state index in [4.69, 9.17) is 33.1 Å². The molecule has 1 atom stereocenters. The van der Waals surface area contributed by atoms with Gasteiger partial charge in [-0.1, -0.05) is 37.0 Å². The molecule has 1 rings (SSSR count). The molecule has 118 valence electrons. The number of nitrogens with two attached hydrogens (primary N) is 1. The van der Waals surface area contributed by atoms with Crippen LogP contribution < -0.4 is 5.14 Å². The fraction of sp³-hybridized carbons (Fsp3) is 0.462. The van der Waals surface area contributed by atoms with Gasteiger partial charge in [-0.3, -0.25) is 0 Å². The first-order valence-corrected chi connectivity index (χ1v) is 8.55. The molecule has 0 radical (unpaired) electrons. The van der Waals surface area contributed by atoms with Gasteiger partial charge in [0.05, 0.1) is 21.7 Å². The van der Waals surface area contributed by atoms with Crippen molar-refractivity contribution in [1.29, 1.82) is 0 Å². The van der Waals surface area contributed by atoms with Crippen molar-refractivity contribution in [3.63, 3.8) is 0 Å². The van der Waals surface area contributed by atoms with Gasteiger partial charge in [-0.05, 0) is 31.4 Å². The van der Waals surface area contributed by atoms with Crippen molar-refractivity contribution in [2.45, 2.75) is 38.2 Å². The molecule has 0 aromatic heterocycles. The molecule has 1 unspecified atom stereocenters. The number of rotatable bonds is 5. The summed E-state index contributed by atoms with van der Waals surface area (Å²) < 4.78 is 28.1. The molecule has 0 saturated heterocycles. The van der Waals surface area contributed by atoms with Crippen LogP contribution in [0.25, 0.3) is 0 Å². The van der Waals surface area contributed by atoms with Gasteiger partial charge in [0.15, 0.2) is 0 Å². The van der Waals surface area contributed by atoms with Gasteiger partial charge in [0.25, 0.3) is 0 Å². The molecule has 0 amide bonds. The zero-order valence-corrected chi connectivity index (χ0v) is 14.2. The summed E-state index contributed by atoms with van der Waals surface area (Å²) in [6.07, 6.45) is 0.389. The van der Waals surface area contributed by atoms with Gasteiger partial charge in [-0.15, -0.1) is 0 Å². The standard InChI is InChI=1S/C13H17Cl2NO4S/c1-7(2)4-8(3)20-13(17)9-5-10(14)12(15)11(6-9)21(16,18)19/h5-8H,4H2,1-3H3,(H2,16,18,19). The maximum Gasteiger partial charge on any atom is 0.338 e. The summed E-state index contributed by atoms with van der Waals surface area (Å²) in [6, 6.07) is 2.32. The van der Waals surface area contributed by atoms with E-state index in [1.807, 2.05) is 13.8 Å². The lowest BCUT2D eigenvalue weighted by Gasteiger charge is -2.16. The van der Waals surface area contributed by atoms with Gasteiger partial charge >= 0.3 is 5.97 Å². The van der Waals surface area contributed by atoms with E-state index in [0.717, 1.165) is 6.07 Å². The van der Waals surface area contributed by atoms with Crippen LogP contribution in [-0.2, 0) is 14.8 Å². The predicted molar refractivity (Wildman–Crippen MR) is 82.2 cm³/mol. The van der Waals surface area contributed by atoms with Crippen molar-refractivity contribution < 1.29 is 17.9 Å². The topological polar surface area (TPSA) is 86.5 Å². The molecule has 0 aliphatic rings. The van der Waals surface area contributed by atoms with Crippen molar-refractivity contribution in [3.8, 4) is 0 Å². The minimum atomic E-state index is -4.08. The third-order valence-electron chi connectivity index (χ3n) is 2.65. The Morgan fingerprint density at radius 2 is 1.86 bits per heavy atom. The number of benzene rings is 1. The monoisotopic (exact) mass is 353 g/mol. The van der Waals surface area contributed by atoms with Crippen LogP contribution in [0.3, 0.4) is 0 Å². The molecule has 1 aromatic carbocycles.